The molecule has 15 heteroatoms. The Morgan fingerprint density at radius 3 is 1.16 bits per heavy atom. The van der Waals surface area contributed by atoms with Crippen LogP contribution in [0.15, 0.2) is 178 Å². The second kappa shape index (κ2) is 92.5. The van der Waals surface area contributed by atoms with Crippen LogP contribution in [0.2, 0.25) is 0 Å². The fraction of sp³-hybridized carbons (Fsp3) is 0.462. The van der Waals surface area contributed by atoms with Crippen molar-refractivity contribution in [2.45, 2.75) is 201 Å². The molecular weight excluding hydrogens is 1070 g/mol. The molecule has 10 aromatic heterocycles. The molecule has 0 bridgehead atoms. The predicted octanol–water partition coefficient (Wildman–Crippen LogP) is 24.4. The van der Waals surface area contributed by atoms with Crippen LogP contribution in [-0.4, -0.2) is 28.8 Å². The van der Waals surface area contributed by atoms with Crippen molar-refractivity contribution in [2.75, 3.05) is 0 Å². The number of hydrogen-bond acceptors (Lipinski definition) is 14. The molecule has 0 aliphatic heterocycles. The third kappa shape index (κ3) is 88.7. The molecule has 0 fully saturated rings. The van der Waals surface area contributed by atoms with E-state index in [1.54, 1.807) is 78.5 Å². The van der Waals surface area contributed by atoms with Gasteiger partial charge in [0.2, 0.25) is 0 Å². The molecule has 0 aromatic carbocycles. The molecule has 10 aromatic rings. The molecule has 0 aliphatic rings. The lowest BCUT2D eigenvalue weighted by Gasteiger charge is -1.79. The van der Waals surface area contributed by atoms with E-state index in [1.165, 1.54) is 44.6 Å². The minimum absolute atomic E-state index is 0.856. The van der Waals surface area contributed by atoms with Crippen LogP contribution in [0, 0.1) is 62.3 Å². The third-order valence-corrected chi connectivity index (χ3v) is 9.18. The first-order valence-electron chi connectivity index (χ1n) is 28.3. The molecule has 0 saturated carbocycles. The van der Waals surface area contributed by atoms with Gasteiger partial charge in [0, 0.05) is 59.0 Å². The van der Waals surface area contributed by atoms with E-state index in [2.05, 4.69) is 86.0 Å². The van der Waals surface area contributed by atoms with Gasteiger partial charge in [-0.3, -0.25) is 0 Å². The van der Waals surface area contributed by atoms with Crippen molar-refractivity contribution < 1.29 is 22.4 Å². The van der Waals surface area contributed by atoms with Crippen LogP contribution in [0.5, 0.6) is 0 Å². The van der Waals surface area contributed by atoms with Crippen LogP contribution in [0.1, 0.15) is 189 Å². The number of aryl methyl sites for hydroxylation is 10. The van der Waals surface area contributed by atoms with Crippen molar-refractivity contribution >= 4 is 45.7 Å². The molecule has 0 radical (unpaired) electrons. The van der Waals surface area contributed by atoms with E-state index in [0.717, 1.165) is 28.5 Å². The van der Waals surface area contributed by atoms with E-state index in [-0.39, 0.29) is 0 Å². The van der Waals surface area contributed by atoms with E-state index in [1.807, 2.05) is 264 Å². The Balaban J connectivity index is -0.0000000822. The summed E-state index contributed by atoms with van der Waals surface area (Å²) in [6, 6.07) is 21.6. The summed E-state index contributed by atoms with van der Waals surface area (Å²) in [5, 5.41) is 20.7. The number of nitrogens with zero attached hydrogens (tertiary/aromatic N) is 6. The highest BCUT2D eigenvalue weighted by atomic mass is 32.1. The second-order valence-electron chi connectivity index (χ2n) is 12.2. The summed E-state index contributed by atoms with van der Waals surface area (Å²) in [7, 11) is 2.00. The van der Waals surface area contributed by atoms with Gasteiger partial charge in [-0.25, -0.2) is 4.37 Å². The summed E-state index contributed by atoms with van der Waals surface area (Å²) in [5.74, 6) is 1.82. The van der Waals surface area contributed by atoms with Crippen LogP contribution >= 0.6 is 45.7 Å². The monoisotopic (exact) mass is 1190 g/mol. The van der Waals surface area contributed by atoms with Gasteiger partial charge < -0.3 is 27.0 Å². The fourth-order valence-electron chi connectivity index (χ4n) is 3.15. The number of hydrogen-bond donors (Lipinski definition) is 0. The van der Waals surface area contributed by atoms with Gasteiger partial charge in [0.1, 0.15) is 24.0 Å². The van der Waals surface area contributed by atoms with E-state index >= 15 is 0 Å². The molecule has 11 nitrogen and oxygen atoms in total. The topological polar surface area (TPSA) is 135 Å². The molecule has 0 spiro atoms. The van der Waals surface area contributed by atoms with E-state index in [9.17, 15) is 0 Å². The van der Waals surface area contributed by atoms with Gasteiger partial charge in [0.15, 0.2) is 0 Å². The SMILES string of the molecule is CC.CC.CC.CC.CC.CC.CC.CC.CC.CC.Cc1ccco1.Cc1cccs1.Cc1ccno1.Cc1ccoc1.Cc1ccon1.Cc1ccsc1.Cc1ccsn1.Cc1cnoc1.Cc1cnsc1.Cn1cccc1. The van der Waals surface area contributed by atoms with E-state index in [4.69, 9.17) is 8.83 Å². The van der Waals surface area contributed by atoms with Crippen molar-refractivity contribution in [3.8, 4) is 0 Å². The Hall–Kier alpha value is -5.87. The molecule has 0 saturated heterocycles. The smallest absolute Gasteiger partial charge is 0.133 e. The molecule has 0 amide bonds. The standard InChI is InChI=1S/C5H7N.2C5H6O.2C5H6S.3C4H5NO.2C4H5NS.10C2H6/c1-6-4-2-3-5-6;1-5-2-3-6-4-5;1-5-3-2-4-6-5;1-5-2-3-6-4-5;1-5-3-2-4-6-5;1-4-2-5-6-3-4;1-4-2-3-6-5-4;1-4-2-3-5-6-4;1-4-2-5-6-3-4;1-4-2-3-6-5-4;10*1-2/h2-5H,1H3;4*2-4H,1H3;5*2-3H,1H3;10*1-2H3. The highest BCUT2D eigenvalue weighted by Gasteiger charge is 1.81. The number of rotatable bonds is 0. The maximum absolute atomic E-state index is 4.83. The fourth-order valence-corrected chi connectivity index (χ4v) is 5.40. The van der Waals surface area contributed by atoms with Gasteiger partial charge in [-0.1, -0.05) is 160 Å². The van der Waals surface area contributed by atoms with Crippen molar-refractivity contribution in [3.05, 3.63) is 206 Å². The Labute approximate surface area is 507 Å². The Morgan fingerprint density at radius 2 is 1.04 bits per heavy atom. The van der Waals surface area contributed by atoms with E-state index < -0.39 is 0 Å². The average Bonchev–Trinajstić information content (AvgIpc) is 4.32. The number of furan rings is 2. The highest BCUT2D eigenvalue weighted by molar-refractivity contribution is 7.09. The zero-order chi connectivity index (χ0) is 64.1. The zero-order valence-corrected chi connectivity index (χ0v) is 59.1. The van der Waals surface area contributed by atoms with Gasteiger partial charge in [-0.15, -0.1) is 11.3 Å². The molecule has 0 aliphatic carbocycles. The van der Waals surface area contributed by atoms with Gasteiger partial charge >= 0.3 is 0 Å². The first kappa shape index (κ1) is 96.4. The normalized spacial score (nSPS) is 7.38. The summed E-state index contributed by atoms with van der Waals surface area (Å²) in [5.41, 5.74) is 6.89. The lowest BCUT2D eigenvalue weighted by molar-refractivity contribution is 0.397. The van der Waals surface area contributed by atoms with Crippen molar-refractivity contribution in [1.29, 1.82) is 0 Å². The summed E-state index contributed by atoms with van der Waals surface area (Å²) in [4.78, 5) is 1.38. The third-order valence-electron chi connectivity index (χ3n) is 6.22. The molecular formula is C65H116N6O5S4. The summed E-state index contributed by atoms with van der Waals surface area (Å²) in [6.45, 7) is 57.8. The quantitative estimate of drug-likeness (QED) is 0.144. The molecule has 0 unspecified atom stereocenters. The molecule has 0 atom stereocenters. The van der Waals surface area contributed by atoms with Crippen LogP contribution < -0.4 is 0 Å². The van der Waals surface area contributed by atoms with E-state index in [0.29, 0.717) is 0 Å². The maximum atomic E-state index is 4.83. The van der Waals surface area contributed by atoms with Crippen molar-refractivity contribution in [1.82, 2.24) is 28.8 Å². The molecule has 460 valence electrons. The first-order chi connectivity index (χ1) is 38.9. The van der Waals surface area contributed by atoms with Crippen LogP contribution in [0.25, 0.3) is 0 Å². The zero-order valence-electron chi connectivity index (χ0n) is 55.9. The van der Waals surface area contributed by atoms with Crippen molar-refractivity contribution in [2.24, 2.45) is 7.05 Å². The average molecular weight is 1190 g/mol. The Morgan fingerprint density at radius 1 is 0.438 bits per heavy atom. The second-order valence-corrected chi connectivity index (χ2v) is 15.5. The van der Waals surface area contributed by atoms with Crippen molar-refractivity contribution in [3.63, 3.8) is 0 Å². The van der Waals surface area contributed by atoms with Crippen LogP contribution in [0.3, 0.4) is 0 Å². The van der Waals surface area contributed by atoms with Gasteiger partial charge in [-0.2, -0.15) is 15.7 Å². The Bertz CT molecular complexity index is 1650. The lowest BCUT2D eigenvalue weighted by atomic mass is 10.4. The lowest BCUT2D eigenvalue weighted by Crippen LogP contribution is -1.75. The number of thiophene rings is 2. The van der Waals surface area contributed by atoms with Crippen LogP contribution in [0.4, 0.5) is 0 Å². The summed E-state index contributed by atoms with van der Waals surface area (Å²) < 4.78 is 32.9. The molecule has 0 N–H and O–H groups in total. The predicted molar refractivity (Wildman–Crippen MR) is 361 cm³/mol. The minimum atomic E-state index is 0.856. The molecule has 10 heterocycles. The highest BCUT2D eigenvalue weighted by Crippen LogP contribution is 2.04. The first-order valence-corrected chi connectivity index (χ1v) is 31.8. The largest absolute Gasteiger partial charge is 0.472 e. The summed E-state index contributed by atoms with van der Waals surface area (Å²) in [6.07, 6.45) is 17.3. The Kier molecular flexibility index (Phi) is 111. The summed E-state index contributed by atoms with van der Waals surface area (Å²) >= 11 is 6.50. The van der Waals surface area contributed by atoms with Gasteiger partial charge in [0.25, 0.3) is 0 Å². The van der Waals surface area contributed by atoms with Crippen LogP contribution in [-0.2, 0) is 7.05 Å². The van der Waals surface area contributed by atoms with Gasteiger partial charge in [-0.05, 0) is 167 Å². The van der Waals surface area contributed by atoms with Gasteiger partial charge in [0.05, 0.1) is 42.6 Å². The molecule has 10 rings (SSSR count). The minimum Gasteiger partial charge on any atom is -0.472 e. The number of aromatic nitrogens is 6. The maximum Gasteiger partial charge on any atom is 0.133 e. The molecule has 80 heavy (non-hydrogen) atoms.